The number of piperidine rings is 1. The van der Waals surface area contributed by atoms with E-state index in [4.69, 9.17) is 5.11 Å². The molecule has 1 heterocycles. The lowest BCUT2D eigenvalue weighted by molar-refractivity contribution is -0.139. The zero-order valence-corrected chi connectivity index (χ0v) is 7.25. The van der Waals surface area contributed by atoms with Gasteiger partial charge in [0, 0.05) is 12.5 Å². The van der Waals surface area contributed by atoms with Gasteiger partial charge in [-0.2, -0.15) is 0 Å². The monoisotopic (exact) mass is 193 g/mol. The predicted molar refractivity (Wildman–Crippen MR) is 42.8 cm³/mol. The van der Waals surface area contributed by atoms with E-state index >= 15 is 0 Å². The van der Waals surface area contributed by atoms with Crippen LogP contribution in [0.4, 0.5) is 8.78 Å². The van der Waals surface area contributed by atoms with Crippen LogP contribution in [-0.4, -0.2) is 42.0 Å². The molecule has 3 nitrogen and oxygen atoms in total. The minimum Gasteiger partial charge on any atom is -0.480 e. The molecule has 13 heavy (non-hydrogen) atoms. The first-order chi connectivity index (χ1) is 6.09. The summed E-state index contributed by atoms with van der Waals surface area (Å²) in [6.45, 7) is 0.711. The maximum atomic E-state index is 12.3. The molecule has 1 aliphatic heterocycles. The van der Waals surface area contributed by atoms with E-state index in [1.54, 1.807) is 4.90 Å². The number of hydrogen-bond acceptors (Lipinski definition) is 2. The first-order valence-electron chi connectivity index (χ1n) is 4.32. The Hall–Kier alpha value is -0.710. The Morgan fingerprint density at radius 3 is 2.85 bits per heavy atom. The lowest BCUT2D eigenvalue weighted by atomic mass is 9.99. The number of halogens is 2. The van der Waals surface area contributed by atoms with Crippen LogP contribution in [0.25, 0.3) is 0 Å². The van der Waals surface area contributed by atoms with Crippen LogP contribution in [-0.2, 0) is 4.79 Å². The molecule has 0 aliphatic carbocycles. The molecule has 0 aromatic rings. The third-order valence-electron chi connectivity index (χ3n) is 2.26. The maximum absolute atomic E-state index is 12.3. The van der Waals surface area contributed by atoms with Crippen molar-refractivity contribution in [1.29, 1.82) is 0 Å². The molecular formula is C8H13F2NO2. The van der Waals surface area contributed by atoms with Gasteiger partial charge in [0.15, 0.2) is 0 Å². The highest BCUT2D eigenvalue weighted by Crippen LogP contribution is 2.22. The van der Waals surface area contributed by atoms with Gasteiger partial charge in [-0.05, 0) is 19.4 Å². The van der Waals surface area contributed by atoms with Gasteiger partial charge >= 0.3 is 5.97 Å². The molecule has 1 saturated heterocycles. The number of carbonyl (C=O) groups is 1. The molecule has 0 radical (unpaired) electrons. The molecule has 76 valence electrons. The number of carboxylic acid groups (broad SMARTS) is 1. The quantitative estimate of drug-likeness (QED) is 0.728. The fourth-order valence-corrected chi connectivity index (χ4v) is 1.63. The Labute approximate surface area is 75.3 Å². The van der Waals surface area contributed by atoms with Gasteiger partial charge in [-0.25, -0.2) is 8.78 Å². The van der Waals surface area contributed by atoms with E-state index < -0.39 is 18.3 Å². The summed E-state index contributed by atoms with van der Waals surface area (Å²) in [6.07, 6.45) is -1.15. The molecule has 1 atom stereocenters. The lowest BCUT2D eigenvalue weighted by Crippen LogP contribution is -2.40. The topological polar surface area (TPSA) is 40.5 Å². The number of likely N-dealkylation sites (tertiary alicyclic amines) is 1. The van der Waals surface area contributed by atoms with Crippen molar-refractivity contribution in [3.63, 3.8) is 0 Å². The second-order valence-corrected chi connectivity index (χ2v) is 3.37. The van der Waals surface area contributed by atoms with Crippen LogP contribution in [0, 0.1) is 5.92 Å². The molecule has 0 amide bonds. The fourth-order valence-electron chi connectivity index (χ4n) is 1.63. The highest BCUT2D eigenvalue weighted by molar-refractivity contribution is 5.69. The van der Waals surface area contributed by atoms with Crippen molar-refractivity contribution in [3.8, 4) is 0 Å². The molecular weight excluding hydrogens is 180 g/mol. The third-order valence-corrected chi connectivity index (χ3v) is 2.26. The average Bonchev–Trinajstić information content (AvgIpc) is 2.03. The summed E-state index contributed by atoms with van der Waals surface area (Å²) in [7, 11) is 0. The van der Waals surface area contributed by atoms with E-state index in [1.807, 2.05) is 0 Å². The molecule has 1 fully saturated rings. The number of nitrogens with zero attached hydrogens (tertiary/aromatic N) is 1. The normalized spacial score (nSPS) is 25.0. The molecule has 5 heteroatoms. The largest absolute Gasteiger partial charge is 0.480 e. The van der Waals surface area contributed by atoms with Crippen molar-refractivity contribution in [2.75, 3.05) is 19.6 Å². The van der Waals surface area contributed by atoms with E-state index in [0.717, 1.165) is 0 Å². The number of carboxylic acids is 1. The summed E-state index contributed by atoms with van der Waals surface area (Å²) in [5, 5.41) is 8.46. The first kappa shape index (κ1) is 10.4. The van der Waals surface area contributed by atoms with Crippen LogP contribution in [0.3, 0.4) is 0 Å². The Kier molecular flexibility index (Phi) is 3.59. The van der Waals surface area contributed by atoms with E-state index in [0.29, 0.717) is 19.4 Å². The Morgan fingerprint density at radius 2 is 2.31 bits per heavy atom. The summed E-state index contributed by atoms with van der Waals surface area (Å²) in [5.41, 5.74) is 0. The Bertz CT molecular complexity index is 187. The molecule has 0 bridgehead atoms. The minimum absolute atomic E-state index is 0.122. The van der Waals surface area contributed by atoms with E-state index in [2.05, 4.69) is 0 Å². The number of hydrogen-bond donors (Lipinski definition) is 1. The summed E-state index contributed by atoms with van der Waals surface area (Å²) in [4.78, 5) is 11.9. The summed E-state index contributed by atoms with van der Waals surface area (Å²) >= 11 is 0. The van der Waals surface area contributed by atoms with Crippen LogP contribution in [0.15, 0.2) is 0 Å². The summed E-state index contributed by atoms with van der Waals surface area (Å²) in [6, 6.07) is 0. The van der Waals surface area contributed by atoms with E-state index in [9.17, 15) is 13.6 Å². The average molecular weight is 193 g/mol. The summed E-state index contributed by atoms with van der Waals surface area (Å²) < 4.78 is 24.5. The second kappa shape index (κ2) is 4.50. The molecule has 1 aliphatic rings. The van der Waals surface area contributed by atoms with E-state index in [1.165, 1.54) is 0 Å². The summed E-state index contributed by atoms with van der Waals surface area (Å²) in [5.74, 6) is -1.59. The smallest absolute Gasteiger partial charge is 0.317 e. The molecule has 0 spiro atoms. The zero-order chi connectivity index (χ0) is 9.84. The van der Waals surface area contributed by atoms with Crippen molar-refractivity contribution in [1.82, 2.24) is 4.90 Å². The molecule has 1 rings (SSSR count). The van der Waals surface area contributed by atoms with Crippen molar-refractivity contribution >= 4 is 5.97 Å². The van der Waals surface area contributed by atoms with Gasteiger partial charge in [-0.15, -0.1) is 0 Å². The van der Waals surface area contributed by atoms with Crippen molar-refractivity contribution in [2.45, 2.75) is 19.3 Å². The predicted octanol–water partition coefficient (Wildman–Crippen LogP) is 1.05. The first-order valence-corrected chi connectivity index (χ1v) is 4.32. The Balaban J connectivity index is 2.37. The SMILES string of the molecule is O=C(O)CN1CCC[C@@H](C(F)F)C1. The third kappa shape index (κ3) is 3.26. The van der Waals surface area contributed by atoms with Gasteiger partial charge in [0.1, 0.15) is 0 Å². The fraction of sp³-hybridized carbons (Fsp3) is 0.875. The zero-order valence-electron chi connectivity index (χ0n) is 7.25. The van der Waals surface area contributed by atoms with Crippen molar-refractivity contribution < 1.29 is 18.7 Å². The van der Waals surface area contributed by atoms with Gasteiger partial charge < -0.3 is 5.11 Å². The standard InChI is InChI=1S/C8H13F2NO2/c9-8(10)6-2-1-3-11(4-6)5-7(12)13/h6,8H,1-5H2,(H,12,13)/t6-/m1/s1. The maximum Gasteiger partial charge on any atom is 0.317 e. The number of rotatable bonds is 3. The van der Waals surface area contributed by atoms with Gasteiger partial charge in [-0.3, -0.25) is 9.69 Å². The van der Waals surface area contributed by atoms with Crippen molar-refractivity contribution in [3.05, 3.63) is 0 Å². The molecule has 1 N–H and O–H groups in total. The second-order valence-electron chi connectivity index (χ2n) is 3.37. The van der Waals surface area contributed by atoms with Crippen LogP contribution in [0.2, 0.25) is 0 Å². The van der Waals surface area contributed by atoms with Crippen LogP contribution in [0.5, 0.6) is 0 Å². The van der Waals surface area contributed by atoms with Crippen LogP contribution in [0.1, 0.15) is 12.8 Å². The van der Waals surface area contributed by atoms with Crippen LogP contribution >= 0.6 is 0 Å². The van der Waals surface area contributed by atoms with Gasteiger partial charge in [0.05, 0.1) is 6.54 Å². The van der Waals surface area contributed by atoms with Crippen LogP contribution < -0.4 is 0 Å². The van der Waals surface area contributed by atoms with Crippen molar-refractivity contribution in [2.24, 2.45) is 5.92 Å². The molecule has 0 unspecified atom stereocenters. The number of alkyl halides is 2. The minimum atomic E-state index is -2.32. The highest BCUT2D eigenvalue weighted by Gasteiger charge is 2.27. The number of aliphatic carboxylic acids is 1. The molecule has 0 aromatic heterocycles. The molecule has 0 saturated carbocycles. The van der Waals surface area contributed by atoms with Gasteiger partial charge in [-0.1, -0.05) is 0 Å². The lowest BCUT2D eigenvalue weighted by Gasteiger charge is -2.30. The van der Waals surface area contributed by atoms with E-state index in [-0.39, 0.29) is 13.1 Å². The highest BCUT2D eigenvalue weighted by atomic mass is 19.3. The molecule has 0 aromatic carbocycles. The Morgan fingerprint density at radius 1 is 1.62 bits per heavy atom. The van der Waals surface area contributed by atoms with Gasteiger partial charge in [0.2, 0.25) is 6.43 Å². The van der Waals surface area contributed by atoms with Gasteiger partial charge in [0.25, 0.3) is 0 Å².